The molecule has 2 amide bonds. The van der Waals surface area contributed by atoms with Crippen LogP contribution in [0.2, 0.25) is 0 Å². The van der Waals surface area contributed by atoms with Gasteiger partial charge in [-0.1, -0.05) is 12.1 Å². The van der Waals surface area contributed by atoms with Crippen LogP contribution in [0.4, 0.5) is 11.4 Å². The Morgan fingerprint density at radius 2 is 1.62 bits per heavy atom. The lowest BCUT2D eigenvalue weighted by atomic mass is 10.1. The molecule has 168 valence electrons. The van der Waals surface area contributed by atoms with Crippen LogP contribution in [-0.2, 0) is 14.6 Å². The average Bonchev–Trinajstić information content (AvgIpc) is 3.40. The third-order valence-electron chi connectivity index (χ3n) is 6.07. The molecule has 0 radical (unpaired) electrons. The molecule has 2 aliphatic rings. The Morgan fingerprint density at radius 1 is 1.00 bits per heavy atom. The number of hydrogen-bond acceptors (Lipinski definition) is 5. The molecular weight excluding hydrogens is 426 g/mol. The molecule has 2 aromatic rings. The van der Waals surface area contributed by atoms with E-state index in [4.69, 9.17) is 0 Å². The molecular formula is C24H27N3O4S. The molecule has 0 aromatic heterocycles. The molecule has 32 heavy (non-hydrogen) atoms. The van der Waals surface area contributed by atoms with Crippen molar-refractivity contribution in [3.8, 4) is 0 Å². The van der Waals surface area contributed by atoms with E-state index in [0.29, 0.717) is 23.2 Å². The standard InChI is InChI=1S/C24H27N3O4S/c1-15-13-21(23(28)25-18-9-11-19(12-10-18)32(4,30)31)17(3)27(15)22-8-6-5-7-20(22)24(29)26-14-16(26)2/h5-12,15-16H,13-14H2,1-4H3,(H,25,28). The van der Waals surface area contributed by atoms with Crippen LogP contribution in [0.3, 0.4) is 0 Å². The van der Waals surface area contributed by atoms with E-state index in [2.05, 4.69) is 10.2 Å². The van der Waals surface area contributed by atoms with Crippen LogP contribution in [0, 0.1) is 0 Å². The number of carbonyl (C=O) groups is 2. The summed E-state index contributed by atoms with van der Waals surface area (Å²) in [5.41, 5.74) is 3.43. The largest absolute Gasteiger partial charge is 0.341 e. The number of nitrogens with one attached hydrogen (secondary N) is 1. The molecule has 0 spiro atoms. The summed E-state index contributed by atoms with van der Waals surface area (Å²) in [6, 6.07) is 13.9. The molecule has 0 saturated carbocycles. The minimum Gasteiger partial charge on any atom is -0.341 e. The average molecular weight is 454 g/mol. The Bertz CT molecular complexity index is 1220. The zero-order valence-electron chi connectivity index (χ0n) is 18.6. The Balaban J connectivity index is 1.59. The fraction of sp³-hybridized carbons (Fsp3) is 0.333. The number of sulfone groups is 1. The first-order chi connectivity index (χ1) is 15.1. The molecule has 8 heteroatoms. The first-order valence-electron chi connectivity index (χ1n) is 10.6. The van der Waals surface area contributed by atoms with E-state index in [1.807, 2.05) is 49.9 Å². The summed E-state index contributed by atoms with van der Waals surface area (Å²) < 4.78 is 23.3. The SMILES string of the molecule is CC1=C(C(=O)Nc2ccc(S(C)(=O)=O)cc2)CC(C)N1c1ccccc1C(=O)N1CC1C. The van der Waals surface area contributed by atoms with Gasteiger partial charge in [-0.25, -0.2) is 8.42 Å². The Morgan fingerprint density at radius 3 is 2.22 bits per heavy atom. The van der Waals surface area contributed by atoms with E-state index in [1.54, 1.807) is 12.1 Å². The molecule has 2 aliphatic heterocycles. The number of carbonyl (C=O) groups excluding carboxylic acids is 2. The van der Waals surface area contributed by atoms with Gasteiger partial charge < -0.3 is 15.1 Å². The smallest absolute Gasteiger partial charge is 0.256 e. The van der Waals surface area contributed by atoms with Gasteiger partial charge >= 0.3 is 0 Å². The second-order valence-corrected chi connectivity index (χ2v) is 10.6. The van der Waals surface area contributed by atoms with E-state index < -0.39 is 9.84 Å². The van der Waals surface area contributed by atoms with Crippen LogP contribution in [0.25, 0.3) is 0 Å². The van der Waals surface area contributed by atoms with Crippen molar-refractivity contribution in [1.29, 1.82) is 0 Å². The lowest BCUT2D eigenvalue weighted by Gasteiger charge is -2.28. The molecule has 1 fully saturated rings. The maximum atomic E-state index is 13.0. The maximum absolute atomic E-state index is 13.0. The quantitative estimate of drug-likeness (QED) is 0.701. The van der Waals surface area contributed by atoms with Crippen LogP contribution in [0.15, 0.2) is 64.7 Å². The van der Waals surface area contributed by atoms with Gasteiger partial charge in [0.2, 0.25) is 0 Å². The van der Waals surface area contributed by atoms with Crippen molar-refractivity contribution >= 4 is 33.0 Å². The fourth-order valence-electron chi connectivity index (χ4n) is 4.22. The van der Waals surface area contributed by atoms with Crippen molar-refractivity contribution in [1.82, 2.24) is 4.90 Å². The number of amides is 2. The molecule has 2 aromatic carbocycles. The summed E-state index contributed by atoms with van der Waals surface area (Å²) in [7, 11) is -3.29. The van der Waals surface area contributed by atoms with E-state index in [9.17, 15) is 18.0 Å². The van der Waals surface area contributed by atoms with Gasteiger partial charge in [-0.2, -0.15) is 0 Å². The van der Waals surface area contributed by atoms with E-state index in [-0.39, 0.29) is 28.8 Å². The molecule has 2 heterocycles. The number of benzene rings is 2. The summed E-state index contributed by atoms with van der Waals surface area (Å²) >= 11 is 0. The van der Waals surface area contributed by atoms with Crippen LogP contribution in [-0.4, -0.2) is 50.0 Å². The van der Waals surface area contributed by atoms with Crippen molar-refractivity contribution in [3.63, 3.8) is 0 Å². The molecule has 0 bridgehead atoms. The number of hydrogen-bond donors (Lipinski definition) is 1. The van der Waals surface area contributed by atoms with Crippen LogP contribution >= 0.6 is 0 Å². The highest BCUT2D eigenvalue weighted by atomic mass is 32.2. The predicted octanol–water partition coefficient (Wildman–Crippen LogP) is 3.45. The van der Waals surface area contributed by atoms with Gasteiger partial charge in [-0.15, -0.1) is 0 Å². The molecule has 7 nitrogen and oxygen atoms in total. The van der Waals surface area contributed by atoms with Gasteiger partial charge in [0.1, 0.15) is 0 Å². The molecule has 0 aliphatic carbocycles. The van der Waals surface area contributed by atoms with Gasteiger partial charge in [-0.3, -0.25) is 9.59 Å². The highest BCUT2D eigenvalue weighted by molar-refractivity contribution is 7.90. The fourth-order valence-corrected chi connectivity index (χ4v) is 4.85. The van der Waals surface area contributed by atoms with E-state index in [0.717, 1.165) is 24.2 Å². The summed E-state index contributed by atoms with van der Waals surface area (Å²) in [6.45, 7) is 6.72. The first kappa shape index (κ1) is 22.1. The monoisotopic (exact) mass is 453 g/mol. The van der Waals surface area contributed by atoms with Crippen molar-refractivity contribution in [2.75, 3.05) is 23.0 Å². The second-order valence-electron chi connectivity index (χ2n) is 8.56. The summed E-state index contributed by atoms with van der Waals surface area (Å²) in [4.78, 5) is 30.0. The normalized spacial score (nSPS) is 20.5. The maximum Gasteiger partial charge on any atom is 0.256 e. The predicted molar refractivity (Wildman–Crippen MR) is 124 cm³/mol. The van der Waals surface area contributed by atoms with Crippen molar-refractivity contribution in [2.24, 2.45) is 0 Å². The lowest BCUT2D eigenvalue weighted by Crippen LogP contribution is -2.28. The van der Waals surface area contributed by atoms with E-state index in [1.165, 1.54) is 12.1 Å². The minimum atomic E-state index is -3.29. The summed E-state index contributed by atoms with van der Waals surface area (Å²) in [5.74, 6) is -0.218. The topological polar surface area (TPSA) is 86.6 Å². The van der Waals surface area contributed by atoms with Crippen molar-refractivity contribution in [3.05, 3.63) is 65.4 Å². The summed E-state index contributed by atoms with van der Waals surface area (Å²) in [6.07, 6.45) is 1.69. The third-order valence-corrected chi connectivity index (χ3v) is 7.20. The van der Waals surface area contributed by atoms with Crippen LogP contribution in [0.5, 0.6) is 0 Å². The highest BCUT2D eigenvalue weighted by Crippen LogP contribution is 2.37. The van der Waals surface area contributed by atoms with Gasteiger partial charge in [0, 0.05) is 48.3 Å². The molecule has 2 atom stereocenters. The van der Waals surface area contributed by atoms with Gasteiger partial charge in [0.25, 0.3) is 11.8 Å². The Kier molecular flexibility index (Phi) is 5.58. The number of allylic oxidation sites excluding steroid dienone is 1. The molecule has 1 saturated heterocycles. The zero-order chi connectivity index (χ0) is 23.2. The van der Waals surface area contributed by atoms with Gasteiger partial charge in [0.15, 0.2) is 9.84 Å². The zero-order valence-corrected chi connectivity index (χ0v) is 19.4. The van der Waals surface area contributed by atoms with Crippen molar-refractivity contribution in [2.45, 2.75) is 44.2 Å². The van der Waals surface area contributed by atoms with Gasteiger partial charge in [0.05, 0.1) is 16.1 Å². The van der Waals surface area contributed by atoms with Crippen LogP contribution in [0.1, 0.15) is 37.6 Å². The Hall–Kier alpha value is -3.13. The third kappa shape index (κ3) is 4.14. The molecule has 4 rings (SSSR count). The van der Waals surface area contributed by atoms with Crippen LogP contribution < -0.4 is 10.2 Å². The number of anilines is 2. The highest BCUT2D eigenvalue weighted by Gasteiger charge is 2.38. The van der Waals surface area contributed by atoms with Crippen molar-refractivity contribution < 1.29 is 18.0 Å². The van der Waals surface area contributed by atoms with E-state index >= 15 is 0 Å². The lowest BCUT2D eigenvalue weighted by molar-refractivity contribution is -0.113. The Labute approximate surface area is 188 Å². The first-order valence-corrected chi connectivity index (χ1v) is 12.5. The van der Waals surface area contributed by atoms with Gasteiger partial charge in [-0.05, 0) is 57.2 Å². The number of nitrogens with zero attached hydrogens (tertiary/aromatic N) is 2. The molecule has 2 unspecified atom stereocenters. The second kappa shape index (κ2) is 8.09. The number of para-hydroxylation sites is 1. The number of rotatable bonds is 5. The molecule has 1 N–H and O–H groups in total. The minimum absolute atomic E-state index is 0.0111. The summed E-state index contributed by atoms with van der Waals surface area (Å²) in [5, 5.41) is 2.86.